The van der Waals surface area contributed by atoms with E-state index in [4.69, 9.17) is 15.8 Å². The lowest BCUT2D eigenvalue weighted by Gasteiger charge is -1.89. The number of hydrogen-bond donors (Lipinski definition) is 0. The van der Waals surface area contributed by atoms with Gasteiger partial charge in [-0.05, 0) is 36.4 Å². The summed E-state index contributed by atoms with van der Waals surface area (Å²) in [5.41, 5.74) is 0. The van der Waals surface area contributed by atoms with Crippen LogP contribution in [-0.2, 0) is 0 Å². The predicted octanol–water partition coefficient (Wildman–Crippen LogP) is 8.11. The zero-order chi connectivity index (χ0) is 25.0. The average molecular weight is 462 g/mol. The first-order valence-electron chi connectivity index (χ1n) is 10.5. The third-order valence-electron chi connectivity index (χ3n) is 2.72. The van der Waals surface area contributed by atoms with Crippen LogP contribution in [0.3, 0.4) is 0 Å². The summed E-state index contributed by atoms with van der Waals surface area (Å²) in [6.45, 7) is 8.50. The standard InChI is InChI=1S/3C7H5NO.2C3H8.CH4/c3*8-6-9-7-4-2-1-3-5-7;2*1-3-2;/h3*1-5H;2*3H2,1-2H3;1H4. The molecule has 3 rings (SSSR count). The lowest BCUT2D eigenvalue weighted by atomic mass is 10.3. The lowest BCUT2D eigenvalue weighted by Crippen LogP contribution is -1.78. The molecule has 6 nitrogen and oxygen atoms in total. The number of benzene rings is 3. The van der Waals surface area contributed by atoms with Gasteiger partial charge in [0.2, 0.25) is 0 Å². The van der Waals surface area contributed by atoms with Crippen LogP contribution in [0.1, 0.15) is 48.0 Å². The van der Waals surface area contributed by atoms with Crippen LogP contribution in [0.15, 0.2) is 91.0 Å². The Morgan fingerprint density at radius 3 is 0.794 bits per heavy atom. The molecule has 0 aliphatic heterocycles. The molecule has 0 aliphatic rings. The Kier molecular flexibility index (Phi) is 28.7. The SMILES string of the molecule is C.CCC.CCC.N#COc1ccccc1.N#COc1ccccc1.N#COc1ccccc1. The summed E-state index contributed by atoms with van der Waals surface area (Å²) >= 11 is 0. The minimum absolute atomic E-state index is 0. The summed E-state index contributed by atoms with van der Waals surface area (Å²) in [4.78, 5) is 0. The van der Waals surface area contributed by atoms with Crippen LogP contribution in [0.2, 0.25) is 0 Å². The zero-order valence-corrected chi connectivity index (χ0v) is 19.6. The number of rotatable bonds is 3. The van der Waals surface area contributed by atoms with Crippen molar-refractivity contribution in [3.8, 4) is 36.0 Å². The molecular formula is C28H35N3O3. The highest BCUT2D eigenvalue weighted by Crippen LogP contribution is 2.07. The molecule has 0 bridgehead atoms. The Hall–Kier alpha value is -4.47. The van der Waals surface area contributed by atoms with Crippen LogP contribution in [-0.4, -0.2) is 0 Å². The van der Waals surface area contributed by atoms with Crippen LogP contribution >= 0.6 is 0 Å². The molecule has 180 valence electrons. The molecule has 0 radical (unpaired) electrons. The molecule has 0 fully saturated rings. The molecule has 0 aromatic heterocycles. The van der Waals surface area contributed by atoms with Crippen molar-refractivity contribution < 1.29 is 14.2 Å². The van der Waals surface area contributed by atoms with E-state index in [1.807, 2.05) is 54.6 Å². The van der Waals surface area contributed by atoms with Gasteiger partial charge in [-0.2, -0.15) is 0 Å². The maximum Gasteiger partial charge on any atom is 0.292 e. The molecule has 0 amide bonds. The van der Waals surface area contributed by atoms with Gasteiger partial charge in [0.25, 0.3) is 18.8 Å². The normalized spacial score (nSPS) is 7.32. The smallest absolute Gasteiger partial charge is 0.292 e. The minimum atomic E-state index is 0. The van der Waals surface area contributed by atoms with E-state index in [9.17, 15) is 0 Å². The van der Waals surface area contributed by atoms with Crippen LogP contribution in [0.25, 0.3) is 0 Å². The molecule has 0 atom stereocenters. The Balaban J connectivity index is -0.000000375. The van der Waals surface area contributed by atoms with Gasteiger partial charge in [0.05, 0.1) is 0 Å². The summed E-state index contributed by atoms with van der Waals surface area (Å²) in [7, 11) is 0. The molecule has 0 saturated carbocycles. The first-order valence-corrected chi connectivity index (χ1v) is 10.5. The van der Waals surface area contributed by atoms with E-state index in [-0.39, 0.29) is 7.43 Å². The van der Waals surface area contributed by atoms with Gasteiger partial charge in [-0.3, -0.25) is 0 Å². The van der Waals surface area contributed by atoms with E-state index in [1.165, 1.54) is 12.8 Å². The molecule has 0 spiro atoms. The first-order chi connectivity index (χ1) is 16.1. The van der Waals surface area contributed by atoms with E-state index in [1.54, 1.807) is 55.2 Å². The average Bonchev–Trinajstić information content (AvgIpc) is 2.84. The van der Waals surface area contributed by atoms with Crippen molar-refractivity contribution in [1.29, 1.82) is 15.8 Å². The van der Waals surface area contributed by atoms with Gasteiger partial charge in [-0.1, -0.05) is 103 Å². The summed E-state index contributed by atoms with van der Waals surface area (Å²) in [6, 6.07) is 26.8. The molecular weight excluding hydrogens is 426 g/mol. The molecule has 3 aromatic rings. The molecule has 0 N–H and O–H groups in total. The Morgan fingerprint density at radius 2 is 0.647 bits per heavy atom. The second-order valence-electron chi connectivity index (χ2n) is 5.93. The maximum absolute atomic E-state index is 8.05. The topological polar surface area (TPSA) is 99.1 Å². The van der Waals surface area contributed by atoms with Crippen molar-refractivity contribution >= 4 is 0 Å². The number of hydrogen-bond acceptors (Lipinski definition) is 6. The van der Waals surface area contributed by atoms with Gasteiger partial charge >= 0.3 is 0 Å². The third-order valence-corrected chi connectivity index (χ3v) is 2.72. The molecule has 0 heterocycles. The van der Waals surface area contributed by atoms with Gasteiger partial charge in [0.1, 0.15) is 17.2 Å². The van der Waals surface area contributed by atoms with Gasteiger partial charge < -0.3 is 14.2 Å². The summed E-state index contributed by atoms with van der Waals surface area (Å²) < 4.78 is 13.5. The quantitative estimate of drug-likeness (QED) is 0.365. The van der Waals surface area contributed by atoms with Gasteiger partial charge in [-0.25, -0.2) is 0 Å². The van der Waals surface area contributed by atoms with E-state index < -0.39 is 0 Å². The summed E-state index contributed by atoms with van der Waals surface area (Å²) in [5.74, 6) is 1.75. The fourth-order valence-corrected chi connectivity index (χ4v) is 1.62. The van der Waals surface area contributed by atoms with E-state index in [0.29, 0.717) is 17.2 Å². The van der Waals surface area contributed by atoms with E-state index >= 15 is 0 Å². The zero-order valence-electron chi connectivity index (χ0n) is 19.6. The number of nitrogens with zero attached hydrogens (tertiary/aromatic N) is 3. The van der Waals surface area contributed by atoms with E-state index in [0.717, 1.165) is 0 Å². The van der Waals surface area contributed by atoms with Crippen LogP contribution in [0, 0.1) is 34.6 Å². The van der Waals surface area contributed by atoms with Gasteiger partial charge in [-0.15, -0.1) is 15.8 Å². The van der Waals surface area contributed by atoms with Gasteiger partial charge in [0, 0.05) is 0 Å². The molecule has 3 aromatic carbocycles. The highest BCUT2D eigenvalue weighted by atomic mass is 16.5. The largest absolute Gasteiger partial charge is 0.388 e. The van der Waals surface area contributed by atoms with Crippen LogP contribution in [0.4, 0.5) is 0 Å². The van der Waals surface area contributed by atoms with Crippen molar-refractivity contribution in [2.24, 2.45) is 0 Å². The van der Waals surface area contributed by atoms with Crippen molar-refractivity contribution in [2.75, 3.05) is 0 Å². The fourth-order valence-electron chi connectivity index (χ4n) is 1.62. The minimum Gasteiger partial charge on any atom is -0.388 e. The lowest BCUT2D eigenvalue weighted by molar-refractivity contribution is 0.507. The van der Waals surface area contributed by atoms with Crippen molar-refractivity contribution in [3.05, 3.63) is 91.0 Å². The van der Waals surface area contributed by atoms with Crippen LogP contribution < -0.4 is 14.2 Å². The summed E-state index contributed by atoms with van der Waals surface area (Å²) in [5, 5.41) is 24.1. The highest BCUT2D eigenvalue weighted by Gasteiger charge is 1.86. The second kappa shape index (κ2) is 28.5. The number of ether oxygens (including phenoxy) is 3. The Morgan fingerprint density at radius 1 is 0.471 bits per heavy atom. The van der Waals surface area contributed by atoms with E-state index in [2.05, 4.69) is 41.9 Å². The molecule has 0 aliphatic carbocycles. The second-order valence-corrected chi connectivity index (χ2v) is 5.93. The molecule has 6 heteroatoms. The van der Waals surface area contributed by atoms with Crippen LogP contribution in [0.5, 0.6) is 17.2 Å². The Labute approximate surface area is 205 Å². The number of para-hydroxylation sites is 3. The monoisotopic (exact) mass is 461 g/mol. The van der Waals surface area contributed by atoms with Gasteiger partial charge in [0.15, 0.2) is 0 Å². The van der Waals surface area contributed by atoms with Crippen molar-refractivity contribution in [1.82, 2.24) is 0 Å². The maximum atomic E-state index is 8.05. The molecule has 34 heavy (non-hydrogen) atoms. The number of nitriles is 3. The highest BCUT2D eigenvalue weighted by molar-refractivity contribution is 5.23. The fraction of sp³-hybridized carbons (Fsp3) is 0.250. The molecule has 0 unspecified atom stereocenters. The Bertz CT molecular complexity index is 790. The van der Waals surface area contributed by atoms with Crippen molar-refractivity contribution in [2.45, 2.75) is 48.0 Å². The molecule has 0 saturated heterocycles. The summed E-state index contributed by atoms with van der Waals surface area (Å²) in [6.07, 6.45) is 7.25. The first kappa shape index (κ1) is 34.2. The predicted molar refractivity (Wildman–Crippen MR) is 137 cm³/mol. The van der Waals surface area contributed by atoms with Crippen molar-refractivity contribution in [3.63, 3.8) is 0 Å². The third kappa shape index (κ3) is 23.8.